The Balaban J connectivity index is 0.970. The van der Waals surface area contributed by atoms with E-state index in [9.17, 15) is 0 Å². The van der Waals surface area contributed by atoms with Gasteiger partial charge in [0.1, 0.15) is 11.2 Å². The monoisotopic (exact) mass is 733 g/mol. The van der Waals surface area contributed by atoms with E-state index >= 15 is 0 Å². The number of furan rings is 1. The zero-order chi connectivity index (χ0) is 37.0. The minimum absolute atomic E-state index is 0.590. The van der Waals surface area contributed by atoms with Crippen LogP contribution in [0.2, 0.25) is 0 Å². The van der Waals surface area contributed by atoms with Crippen LogP contribution < -0.4 is 0 Å². The quantitative estimate of drug-likeness (QED) is 0.171. The van der Waals surface area contributed by atoms with Crippen LogP contribution in [0.3, 0.4) is 0 Å². The van der Waals surface area contributed by atoms with E-state index in [1.165, 1.54) is 31.3 Å². The molecule has 0 amide bonds. The fourth-order valence-electron chi connectivity index (χ4n) is 7.70. The van der Waals surface area contributed by atoms with Crippen LogP contribution in [0, 0.1) is 0 Å². The molecule has 0 radical (unpaired) electrons. The third-order valence-corrected chi connectivity index (χ3v) is 11.7. The van der Waals surface area contributed by atoms with Crippen LogP contribution in [0.15, 0.2) is 192 Å². The van der Waals surface area contributed by atoms with Gasteiger partial charge < -0.3 is 4.42 Å². The molecule has 262 valence electrons. The van der Waals surface area contributed by atoms with Crippen molar-refractivity contribution in [2.24, 2.45) is 0 Å². The van der Waals surface area contributed by atoms with E-state index in [2.05, 4.69) is 146 Å². The molecule has 0 aliphatic heterocycles. The van der Waals surface area contributed by atoms with E-state index in [1.54, 1.807) is 0 Å². The highest BCUT2D eigenvalue weighted by molar-refractivity contribution is 7.25. The normalized spacial score (nSPS) is 11.6. The number of thiophene rings is 1. The molecule has 56 heavy (non-hydrogen) atoms. The molecule has 0 spiro atoms. The Bertz CT molecular complexity index is 3260. The molecule has 11 aromatic rings. The molecule has 0 bridgehead atoms. The molecule has 0 saturated heterocycles. The van der Waals surface area contributed by atoms with Crippen LogP contribution in [0.1, 0.15) is 0 Å². The number of benzene rings is 8. The summed E-state index contributed by atoms with van der Waals surface area (Å²) in [4.78, 5) is 15.0. The lowest BCUT2D eigenvalue weighted by molar-refractivity contribution is 0.669. The van der Waals surface area contributed by atoms with Gasteiger partial charge in [-0.2, -0.15) is 0 Å². The average Bonchev–Trinajstić information content (AvgIpc) is 3.84. The smallest absolute Gasteiger partial charge is 0.164 e. The predicted molar refractivity (Wildman–Crippen MR) is 233 cm³/mol. The zero-order valence-electron chi connectivity index (χ0n) is 30.1. The summed E-state index contributed by atoms with van der Waals surface area (Å²) in [5.41, 5.74) is 11.3. The summed E-state index contributed by atoms with van der Waals surface area (Å²) in [6.45, 7) is 0. The molecule has 5 heteroatoms. The van der Waals surface area contributed by atoms with Gasteiger partial charge in [0.15, 0.2) is 17.5 Å². The highest BCUT2D eigenvalue weighted by Gasteiger charge is 2.16. The van der Waals surface area contributed by atoms with Gasteiger partial charge in [-0.1, -0.05) is 133 Å². The lowest BCUT2D eigenvalue weighted by Gasteiger charge is -2.09. The van der Waals surface area contributed by atoms with E-state index in [1.807, 2.05) is 53.8 Å². The van der Waals surface area contributed by atoms with Crippen LogP contribution >= 0.6 is 11.3 Å². The lowest BCUT2D eigenvalue weighted by Crippen LogP contribution is -2.00. The Morgan fingerprint density at radius 3 is 1.54 bits per heavy atom. The Morgan fingerprint density at radius 1 is 0.286 bits per heavy atom. The number of fused-ring (bicyclic) bond motifs is 6. The largest absolute Gasteiger partial charge is 0.456 e. The minimum Gasteiger partial charge on any atom is -0.456 e. The van der Waals surface area contributed by atoms with Crippen molar-refractivity contribution in [3.63, 3.8) is 0 Å². The van der Waals surface area contributed by atoms with E-state index in [0.29, 0.717) is 17.5 Å². The number of nitrogens with zero attached hydrogens (tertiary/aromatic N) is 3. The highest BCUT2D eigenvalue weighted by Crippen LogP contribution is 2.39. The van der Waals surface area contributed by atoms with Gasteiger partial charge in [0.25, 0.3) is 0 Å². The van der Waals surface area contributed by atoms with E-state index in [4.69, 9.17) is 19.4 Å². The summed E-state index contributed by atoms with van der Waals surface area (Å²) in [7, 11) is 0. The van der Waals surface area contributed by atoms with Gasteiger partial charge in [-0.3, -0.25) is 0 Å². The summed E-state index contributed by atoms with van der Waals surface area (Å²) < 4.78 is 9.12. The second kappa shape index (κ2) is 13.3. The molecule has 0 fully saturated rings. The molecule has 3 aromatic heterocycles. The van der Waals surface area contributed by atoms with E-state index in [0.717, 1.165) is 60.9 Å². The molecule has 0 N–H and O–H groups in total. The Morgan fingerprint density at radius 2 is 0.786 bits per heavy atom. The highest BCUT2D eigenvalue weighted by atomic mass is 32.1. The third-order valence-electron chi connectivity index (χ3n) is 10.5. The number of rotatable bonds is 6. The van der Waals surface area contributed by atoms with Gasteiger partial charge in [-0.15, -0.1) is 11.3 Å². The van der Waals surface area contributed by atoms with Crippen molar-refractivity contribution in [1.82, 2.24) is 15.0 Å². The Labute approximate surface area is 327 Å². The van der Waals surface area contributed by atoms with Crippen LogP contribution in [0.25, 0.3) is 110 Å². The fourth-order valence-corrected chi connectivity index (χ4v) is 8.79. The summed E-state index contributed by atoms with van der Waals surface area (Å²) in [5.74, 6) is 1.83. The molecule has 0 saturated carbocycles. The van der Waals surface area contributed by atoms with Gasteiger partial charge in [0.05, 0.1) is 0 Å². The van der Waals surface area contributed by atoms with Crippen LogP contribution in [0.4, 0.5) is 0 Å². The van der Waals surface area contributed by atoms with Gasteiger partial charge in [0, 0.05) is 47.6 Å². The first-order valence-electron chi connectivity index (χ1n) is 18.7. The molecular weight excluding hydrogens is 703 g/mol. The fraction of sp³-hybridized carbons (Fsp3) is 0. The van der Waals surface area contributed by atoms with Gasteiger partial charge in [-0.05, 0) is 88.0 Å². The lowest BCUT2D eigenvalue weighted by atomic mass is 9.97. The summed E-state index contributed by atoms with van der Waals surface area (Å²) in [6, 6.07) is 65.8. The van der Waals surface area contributed by atoms with Crippen molar-refractivity contribution in [1.29, 1.82) is 0 Å². The summed E-state index contributed by atoms with van der Waals surface area (Å²) in [5, 5.41) is 4.73. The molecular formula is C51H31N3OS. The van der Waals surface area contributed by atoms with Crippen molar-refractivity contribution in [2.45, 2.75) is 0 Å². The molecule has 0 aliphatic rings. The summed E-state index contributed by atoms with van der Waals surface area (Å²) in [6.07, 6.45) is 0. The van der Waals surface area contributed by atoms with E-state index < -0.39 is 0 Å². The second-order valence-electron chi connectivity index (χ2n) is 14.0. The molecule has 11 rings (SSSR count). The maximum atomic E-state index is 6.49. The second-order valence-corrected chi connectivity index (χ2v) is 15.1. The maximum absolute atomic E-state index is 6.49. The van der Waals surface area contributed by atoms with Crippen LogP contribution in [-0.4, -0.2) is 15.0 Å². The molecule has 4 nitrogen and oxygen atoms in total. The topological polar surface area (TPSA) is 51.8 Å². The van der Waals surface area contributed by atoms with Gasteiger partial charge in [-0.25, -0.2) is 15.0 Å². The number of hydrogen-bond acceptors (Lipinski definition) is 5. The van der Waals surface area contributed by atoms with E-state index in [-0.39, 0.29) is 0 Å². The maximum Gasteiger partial charge on any atom is 0.164 e. The van der Waals surface area contributed by atoms with Crippen molar-refractivity contribution in [3.8, 4) is 67.5 Å². The number of aromatic nitrogens is 3. The van der Waals surface area contributed by atoms with Crippen molar-refractivity contribution in [2.75, 3.05) is 0 Å². The first-order valence-corrected chi connectivity index (χ1v) is 19.5. The third kappa shape index (κ3) is 5.74. The minimum atomic E-state index is 0.590. The van der Waals surface area contributed by atoms with Crippen molar-refractivity contribution >= 4 is 53.4 Å². The summed E-state index contributed by atoms with van der Waals surface area (Å²) >= 11 is 1.85. The molecule has 8 aromatic carbocycles. The molecule has 0 atom stereocenters. The van der Waals surface area contributed by atoms with Crippen molar-refractivity contribution < 1.29 is 4.42 Å². The van der Waals surface area contributed by atoms with Crippen LogP contribution in [0.5, 0.6) is 0 Å². The van der Waals surface area contributed by atoms with Crippen molar-refractivity contribution in [3.05, 3.63) is 188 Å². The number of hydrogen-bond donors (Lipinski definition) is 0. The molecule has 3 heterocycles. The first kappa shape index (κ1) is 32.2. The van der Waals surface area contributed by atoms with Crippen LogP contribution in [-0.2, 0) is 0 Å². The standard InChI is InChI=1S/C51H31N3OS/c1-3-11-32(12-4-1)34-15-10-18-39(28-34)50-52-49(33-13-5-2-6-14-33)53-51(54-50)40-21-24-41-43-29-37(22-25-45(43)55-46(41)31-40)35-16-9-17-36(27-35)38-23-26-48-44(30-38)42-19-7-8-20-47(42)56-48/h1-31H. The Kier molecular flexibility index (Phi) is 7.64. The predicted octanol–water partition coefficient (Wildman–Crippen LogP) is 14.1. The first-order chi connectivity index (χ1) is 27.7. The Hall–Kier alpha value is -7.21. The SMILES string of the molecule is c1ccc(-c2cccc(-c3nc(-c4ccccc4)nc(-c4ccc5c(c4)oc4ccc(-c6cccc(-c7ccc8sc9ccccc9c8c7)c6)cc45)n3)c2)cc1. The van der Waals surface area contributed by atoms with Gasteiger partial charge >= 0.3 is 0 Å². The van der Waals surface area contributed by atoms with Gasteiger partial charge in [0.2, 0.25) is 0 Å². The average molecular weight is 734 g/mol. The molecule has 0 aliphatic carbocycles. The molecule has 0 unspecified atom stereocenters. The zero-order valence-corrected chi connectivity index (χ0v) is 30.9.